The molecule has 25 heavy (non-hydrogen) atoms. The molecular formula is C20H28N2O3. The van der Waals surface area contributed by atoms with Crippen LogP contribution < -0.4 is 4.74 Å². The Bertz CT molecular complexity index is 706. The number of aliphatic hydroxyl groups is 1. The lowest BCUT2D eigenvalue weighted by molar-refractivity contribution is 0.0320. The van der Waals surface area contributed by atoms with Gasteiger partial charge >= 0.3 is 0 Å². The molecule has 0 aliphatic carbocycles. The maximum Gasteiger partial charge on any atom is 0.137 e. The summed E-state index contributed by atoms with van der Waals surface area (Å²) in [5.41, 5.74) is 4.49. The first-order chi connectivity index (χ1) is 12.0. The number of nitrogens with zero attached hydrogens (tertiary/aromatic N) is 2. The fourth-order valence-corrected chi connectivity index (χ4v) is 3.63. The number of rotatable bonds is 5. The second kappa shape index (κ2) is 7.58. The Morgan fingerprint density at radius 1 is 1.36 bits per heavy atom. The van der Waals surface area contributed by atoms with Crippen LogP contribution in [0.25, 0.3) is 0 Å². The molecule has 2 atom stereocenters. The molecule has 1 aliphatic rings. The number of benzene rings is 1. The SMILES string of the molecule is COc1ccc(CN2CC[C@H](O)[C@H](C)C2)cc1Cc1c(C)noc1C. The third-order valence-electron chi connectivity index (χ3n) is 5.24. The smallest absolute Gasteiger partial charge is 0.137 e. The van der Waals surface area contributed by atoms with Crippen LogP contribution in [0.4, 0.5) is 0 Å². The van der Waals surface area contributed by atoms with Crippen molar-refractivity contribution < 1.29 is 14.4 Å². The van der Waals surface area contributed by atoms with E-state index in [1.54, 1.807) is 7.11 Å². The zero-order chi connectivity index (χ0) is 18.0. The van der Waals surface area contributed by atoms with Gasteiger partial charge in [-0.15, -0.1) is 0 Å². The van der Waals surface area contributed by atoms with Crippen LogP contribution in [0.2, 0.25) is 0 Å². The molecule has 0 bridgehead atoms. The minimum Gasteiger partial charge on any atom is -0.496 e. The molecule has 136 valence electrons. The van der Waals surface area contributed by atoms with Crippen molar-refractivity contribution in [2.75, 3.05) is 20.2 Å². The van der Waals surface area contributed by atoms with Gasteiger partial charge in [0, 0.05) is 31.6 Å². The molecule has 0 radical (unpaired) electrons. The molecule has 1 aromatic carbocycles. The van der Waals surface area contributed by atoms with Gasteiger partial charge in [-0.3, -0.25) is 4.90 Å². The van der Waals surface area contributed by atoms with E-state index in [0.717, 1.165) is 60.8 Å². The molecule has 2 aromatic rings. The summed E-state index contributed by atoms with van der Waals surface area (Å²) in [5.74, 6) is 2.09. The van der Waals surface area contributed by atoms with Crippen molar-refractivity contribution in [3.63, 3.8) is 0 Å². The number of hydrogen-bond donors (Lipinski definition) is 1. The second-order valence-electron chi connectivity index (χ2n) is 7.19. The maximum absolute atomic E-state index is 9.91. The molecule has 1 aromatic heterocycles. The summed E-state index contributed by atoms with van der Waals surface area (Å²) in [6, 6.07) is 6.40. The minimum atomic E-state index is -0.165. The highest BCUT2D eigenvalue weighted by Gasteiger charge is 2.24. The molecule has 3 rings (SSSR count). The monoisotopic (exact) mass is 344 g/mol. The van der Waals surface area contributed by atoms with Gasteiger partial charge in [0.15, 0.2) is 0 Å². The average molecular weight is 344 g/mol. The quantitative estimate of drug-likeness (QED) is 0.903. The van der Waals surface area contributed by atoms with Gasteiger partial charge in [-0.1, -0.05) is 24.2 Å². The van der Waals surface area contributed by atoms with Crippen molar-refractivity contribution in [1.29, 1.82) is 0 Å². The van der Waals surface area contributed by atoms with E-state index < -0.39 is 0 Å². The van der Waals surface area contributed by atoms with Gasteiger partial charge in [0.1, 0.15) is 11.5 Å². The fraction of sp³-hybridized carbons (Fsp3) is 0.550. The van der Waals surface area contributed by atoms with Crippen molar-refractivity contribution >= 4 is 0 Å². The summed E-state index contributed by atoms with van der Waals surface area (Å²) in [5, 5.41) is 14.0. The van der Waals surface area contributed by atoms with Gasteiger partial charge in [0.2, 0.25) is 0 Å². The Labute approximate surface area is 149 Å². The van der Waals surface area contributed by atoms with Crippen LogP contribution in [-0.2, 0) is 13.0 Å². The summed E-state index contributed by atoms with van der Waals surface area (Å²) >= 11 is 0. The molecule has 5 nitrogen and oxygen atoms in total. The van der Waals surface area contributed by atoms with Gasteiger partial charge in [-0.05, 0) is 43.4 Å². The first-order valence-corrected chi connectivity index (χ1v) is 8.96. The molecule has 5 heteroatoms. The van der Waals surface area contributed by atoms with Crippen LogP contribution in [0.1, 0.15) is 41.5 Å². The Kier molecular flexibility index (Phi) is 5.45. The summed E-state index contributed by atoms with van der Waals surface area (Å²) in [6.45, 7) is 8.82. The van der Waals surface area contributed by atoms with E-state index in [2.05, 4.69) is 29.1 Å². The summed E-state index contributed by atoms with van der Waals surface area (Å²) in [7, 11) is 1.71. The topological polar surface area (TPSA) is 58.7 Å². The first kappa shape index (κ1) is 18.0. The van der Waals surface area contributed by atoms with Crippen LogP contribution >= 0.6 is 0 Å². The van der Waals surface area contributed by atoms with Gasteiger partial charge in [0.05, 0.1) is 18.9 Å². The van der Waals surface area contributed by atoms with Gasteiger partial charge in [-0.25, -0.2) is 0 Å². The Balaban J connectivity index is 1.78. The number of aliphatic hydroxyl groups excluding tert-OH is 1. The number of likely N-dealkylation sites (tertiary alicyclic amines) is 1. The molecular weight excluding hydrogens is 316 g/mol. The molecule has 2 heterocycles. The molecule has 0 saturated carbocycles. The van der Waals surface area contributed by atoms with Crippen LogP contribution in [0.3, 0.4) is 0 Å². The molecule has 1 N–H and O–H groups in total. The van der Waals surface area contributed by atoms with E-state index in [1.807, 2.05) is 19.9 Å². The highest BCUT2D eigenvalue weighted by atomic mass is 16.5. The van der Waals surface area contributed by atoms with Crippen molar-refractivity contribution in [2.24, 2.45) is 5.92 Å². The largest absolute Gasteiger partial charge is 0.496 e. The molecule has 0 unspecified atom stereocenters. The summed E-state index contributed by atoms with van der Waals surface area (Å²) in [4.78, 5) is 2.42. The van der Waals surface area contributed by atoms with Crippen LogP contribution in [0.5, 0.6) is 5.75 Å². The number of methoxy groups -OCH3 is 1. The van der Waals surface area contributed by atoms with Crippen LogP contribution in [-0.4, -0.2) is 41.5 Å². The van der Waals surface area contributed by atoms with Crippen LogP contribution in [0, 0.1) is 19.8 Å². The van der Waals surface area contributed by atoms with Crippen molar-refractivity contribution in [2.45, 2.75) is 46.3 Å². The Hall–Kier alpha value is -1.85. The fourth-order valence-electron chi connectivity index (χ4n) is 3.63. The van der Waals surface area contributed by atoms with E-state index in [4.69, 9.17) is 9.26 Å². The third kappa shape index (κ3) is 4.05. The maximum atomic E-state index is 9.91. The molecule has 0 amide bonds. The predicted octanol–water partition coefficient (Wildman–Crippen LogP) is 3.09. The standard InChI is InChI=1S/C20H28N2O3/c1-13-11-22(8-7-19(13)23)12-16-5-6-20(24-4)17(9-16)10-18-14(2)21-25-15(18)3/h5-6,9,13,19,23H,7-8,10-12H2,1-4H3/t13-,19+/m1/s1. The zero-order valence-corrected chi connectivity index (χ0v) is 15.6. The van der Waals surface area contributed by atoms with Gasteiger partial charge < -0.3 is 14.4 Å². The highest BCUT2D eigenvalue weighted by Crippen LogP contribution is 2.27. The number of piperidine rings is 1. The molecule has 1 saturated heterocycles. The van der Waals surface area contributed by atoms with Crippen LogP contribution in [0.15, 0.2) is 22.7 Å². The van der Waals surface area contributed by atoms with Crippen molar-refractivity contribution in [3.8, 4) is 5.75 Å². The normalized spacial score (nSPS) is 21.5. The average Bonchev–Trinajstić information content (AvgIpc) is 2.90. The Morgan fingerprint density at radius 2 is 2.16 bits per heavy atom. The van der Waals surface area contributed by atoms with Gasteiger partial charge in [0.25, 0.3) is 0 Å². The number of ether oxygens (including phenoxy) is 1. The lowest BCUT2D eigenvalue weighted by atomic mass is 9.96. The molecule has 1 fully saturated rings. The van der Waals surface area contributed by atoms with E-state index in [0.29, 0.717) is 5.92 Å². The summed E-state index contributed by atoms with van der Waals surface area (Å²) in [6.07, 6.45) is 1.44. The van der Waals surface area contributed by atoms with E-state index >= 15 is 0 Å². The zero-order valence-electron chi connectivity index (χ0n) is 15.6. The lowest BCUT2D eigenvalue weighted by Crippen LogP contribution is -2.41. The lowest BCUT2D eigenvalue weighted by Gasteiger charge is -2.34. The second-order valence-corrected chi connectivity index (χ2v) is 7.19. The molecule has 0 spiro atoms. The van der Waals surface area contributed by atoms with E-state index in [9.17, 15) is 5.11 Å². The predicted molar refractivity (Wildman–Crippen MR) is 96.8 cm³/mol. The Morgan fingerprint density at radius 3 is 2.80 bits per heavy atom. The molecule has 1 aliphatic heterocycles. The highest BCUT2D eigenvalue weighted by molar-refractivity contribution is 5.41. The van der Waals surface area contributed by atoms with Gasteiger partial charge in [-0.2, -0.15) is 0 Å². The number of hydrogen-bond acceptors (Lipinski definition) is 5. The number of aromatic nitrogens is 1. The van der Waals surface area contributed by atoms with Crippen molar-refractivity contribution in [1.82, 2.24) is 10.1 Å². The first-order valence-electron chi connectivity index (χ1n) is 8.96. The number of aryl methyl sites for hydroxylation is 2. The summed E-state index contributed by atoms with van der Waals surface area (Å²) < 4.78 is 10.8. The van der Waals surface area contributed by atoms with Crippen molar-refractivity contribution in [3.05, 3.63) is 46.3 Å². The minimum absolute atomic E-state index is 0.165. The van der Waals surface area contributed by atoms with E-state index in [-0.39, 0.29) is 6.10 Å². The third-order valence-corrected chi connectivity index (χ3v) is 5.24. The van der Waals surface area contributed by atoms with E-state index in [1.165, 1.54) is 5.56 Å².